The second-order valence-electron chi connectivity index (χ2n) is 6.97. The van der Waals surface area contributed by atoms with Gasteiger partial charge in [0.2, 0.25) is 0 Å². The summed E-state index contributed by atoms with van der Waals surface area (Å²) in [6.07, 6.45) is 6.53. The highest BCUT2D eigenvalue weighted by Crippen LogP contribution is 2.34. The number of fused-ring (bicyclic) bond motifs is 1. The lowest BCUT2D eigenvalue weighted by Gasteiger charge is -2.17. The number of aliphatic hydroxyl groups is 1. The van der Waals surface area contributed by atoms with Gasteiger partial charge in [0.05, 0.1) is 31.3 Å². The Bertz CT molecular complexity index is 830. The molecule has 2 atom stereocenters. The van der Waals surface area contributed by atoms with Crippen LogP contribution in [0.3, 0.4) is 0 Å². The first-order chi connectivity index (χ1) is 13.7. The van der Waals surface area contributed by atoms with E-state index in [2.05, 4.69) is 10.5 Å². The fourth-order valence-corrected chi connectivity index (χ4v) is 3.70. The van der Waals surface area contributed by atoms with Crippen LogP contribution in [-0.4, -0.2) is 42.1 Å². The van der Waals surface area contributed by atoms with E-state index >= 15 is 0 Å². The lowest BCUT2D eigenvalue weighted by atomic mass is 10.0. The fourth-order valence-electron chi connectivity index (χ4n) is 3.70. The molecule has 1 fully saturated rings. The third kappa shape index (κ3) is 4.65. The summed E-state index contributed by atoms with van der Waals surface area (Å²) >= 11 is 0. The van der Waals surface area contributed by atoms with Crippen LogP contribution < -0.4 is 5.32 Å². The second-order valence-corrected chi connectivity index (χ2v) is 6.97. The van der Waals surface area contributed by atoms with Gasteiger partial charge in [-0.25, -0.2) is 0 Å². The molecule has 0 saturated heterocycles. The molecule has 2 N–H and O–H groups in total. The van der Waals surface area contributed by atoms with Gasteiger partial charge in [-0.2, -0.15) is 0 Å². The highest BCUT2D eigenvalue weighted by molar-refractivity contribution is 5.96. The molecule has 0 aliphatic heterocycles. The predicted molar refractivity (Wildman–Crippen MR) is 107 cm³/mol. The van der Waals surface area contributed by atoms with Gasteiger partial charge in [0, 0.05) is 23.9 Å². The van der Waals surface area contributed by atoms with Gasteiger partial charge in [0.1, 0.15) is 5.69 Å². The molecule has 1 aliphatic carbocycles. The Kier molecular flexibility index (Phi) is 6.92. The number of nitrogens with zero attached hydrogens (tertiary/aromatic N) is 1. The van der Waals surface area contributed by atoms with E-state index in [0.29, 0.717) is 36.5 Å². The van der Waals surface area contributed by atoms with E-state index in [1.807, 2.05) is 25.1 Å². The number of nitrogens with one attached hydrogen (secondary N) is 1. The Balaban J connectivity index is 1.95. The smallest absolute Gasteiger partial charge is 0.312 e. The molecule has 0 amide bonds. The predicted octanol–water partition coefficient (Wildman–Crippen LogP) is 3.51. The summed E-state index contributed by atoms with van der Waals surface area (Å²) in [6, 6.07) is 4.11. The summed E-state index contributed by atoms with van der Waals surface area (Å²) in [5.41, 5.74) is 2.97. The van der Waals surface area contributed by atoms with E-state index in [1.54, 1.807) is 13.2 Å². The van der Waals surface area contributed by atoms with Crippen LogP contribution in [0, 0.1) is 5.92 Å². The molecule has 1 heterocycles. The zero-order chi connectivity index (χ0) is 19.9. The van der Waals surface area contributed by atoms with Crippen LogP contribution in [0.25, 0.3) is 17.0 Å². The van der Waals surface area contributed by atoms with Crippen molar-refractivity contribution in [1.82, 2.24) is 5.16 Å². The summed E-state index contributed by atoms with van der Waals surface area (Å²) in [5.74, 6) is 0.0102. The van der Waals surface area contributed by atoms with Gasteiger partial charge in [-0.3, -0.25) is 4.79 Å². The Hall–Kier alpha value is -2.54. The molecule has 1 saturated carbocycles. The maximum absolute atomic E-state index is 12.0. The second kappa shape index (κ2) is 9.59. The summed E-state index contributed by atoms with van der Waals surface area (Å²) in [5, 5.41) is 17.9. The molecule has 1 aromatic carbocycles. The van der Waals surface area contributed by atoms with Gasteiger partial charge >= 0.3 is 5.97 Å². The van der Waals surface area contributed by atoms with E-state index in [1.165, 1.54) is 0 Å². The molecule has 0 spiro atoms. The molecule has 3 rings (SSSR count). The number of aromatic nitrogens is 1. The first kappa shape index (κ1) is 20.2. The lowest BCUT2D eigenvalue weighted by molar-refractivity contribution is -0.142. The SMILES string of the molecule is CCO/C=C/c1c(NC2CC[C@@H](CO)C2)ccc2onc(CC(=O)OCC)c12. The van der Waals surface area contributed by atoms with Crippen LogP contribution in [0.4, 0.5) is 5.69 Å². The van der Waals surface area contributed by atoms with E-state index < -0.39 is 0 Å². The number of aliphatic hydroxyl groups excluding tert-OH is 1. The van der Waals surface area contributed by atoms with E-state index in [0.717, 1.165) is 35.9 Å². The Labute approximate surface area is 164 Å². The van der Waals surface area contributed by atoms with Crippen molar-refractivity contribution < 1.29 is 23.9 Å². The molecule has 7 nitrogen and oxygen atoms in total. The van der Waals surface area contributed by atoms with Crippen LogP contribution in [0.15, 0.2) is 22.9 Å². The molecule has 1 aromatic heterocycles. The third-order valence-electron chi connectivity index (χ3n) is 5.02. The number of rotatable bonds is 9. The van der Waals surface area contributed by atoms with Crippen LogP contribution >= 0.6 is 0 Å². The zero-order valence-electron chi connectivity index (χ0n) is 16.4. The third-order valence-corrected chi connectivity index (χ3v) is 5.02. The van der Waals surface area contributed by atoms with Crippen molar-refractivity contribution in [2.24, 2.45) is 5.92 Å². The van der Waals surface area contributed by atoms with Crippen LogP contribution in [-0.2, 0) is 20.7 Å². The van der Waals surface area contributed by atoms with Crippen molar-refractivity contribution >= 4 is 28.7 Å². The van der Waals surface area contributed by atoms with Gasteiger partial charge in [0.25, 0.3) is 0 Å². The molecular formula is C21H28N2O5. The van der Waals surface area contributed by atoms with Gasteiger partial charge in [-0.05, 0) is 57.2 Å². The van der Waals surface area contributed by atoms with Crippen molar-refractivity contribution in [1.29, 1.82) is 0 Å². The van der Waals surface area contributed by atoms with E-state index in [4.69, 9.17) is 14.0 Å². The average Bonchev–Trinajstić information content (AvgIpc) is 3.30. The maximum atomic E-state index is 12.0. The van der Waals surface area contributed by atoms with Crippen molar-refractivity contribution in [2.75, 3.05) is 25.1 Å². The number of ether oxygens (including phenoxy) is 2. The highest BCUT2D eigenvalue weighted by Gasteiger charge is 2.25. The van der Waals surface area contributed by atoms with Crippen molar-refractivity contribution in [2.45, 2.75) is 45.6 Å². The Morgan fingerprint density at radius 1 is 1.36 bits per heavy atom. The largest absolute Gasteiger partial charge is 0.501 e. The molecule has 2 aromatic rings. The van der Waals surface area contributed by atoms with Gasteiger partial charge in [0.15, 0.2) is 5.58 Å². The summed E-state index contributed by atoms with van der Waals surface area (Å²) in [7, 11) is 0. The summed E-state index contributed by atoms with van der Waals surface area (Å²) in [4.78, 5) is 12.0. The minimum atomic E-state index is -0.336. The number of carbonyl (C=O) groups is 1. The van der Waals surface area contributed by atoms with Gasteiger partial charge in [-0.1, -0.05) is 5.16 Å². The minimum absolute atomic E-state index is 0.0514. The van der Waals surface area contributed by atoms with Gasteiger partial charge in [-0.15, -0.1) is 0 Å². The Morgan fingerprint density at radius 3 is 2.93 bits per heavy atom. The number of carbonyl (C=O) groups excluding carboxylic acids is 1. The summed E-state index contributed by atoms with van der Waals surface area (Å²) in [6.45, 7) is 4.81. The zero-order valence-corrected chi connectivity index (χ0v) is 16.4. The standard InChI is InChI=1S/C21H28N2O5/c1-3-26-10-9-16-17(22-15-6-5-14(11-15)13-24)7-8-19-21(16)18(23-28-19)12-20(25)27-4-2/h7-10,14-15,22,24H,3-6,11-13H2,1-2H3/b10-9+/t14-,15?/m1/s1. The van der Waals surface area contributed by atoms with E-state index in [9.17, 15) is 9.90 Å². The van der Waals surface area contributed by atoms with Crippen molar-refractivity contribution in [3.63, 3.8) is 0 Å². The van der Waals surface area contributed by atoms with Crippen LogP contribution in [0.2, 0.25) is 0 Å². The molecule has 7 heteroatoms. The number of hydrogen-bond acceptors (Lipinski definition) is 7. The Morgan fingerprint density at radius 2 is 2.21 bits per heavy atom. The summed E-state index contributed by atoms with van der Waals surface area (Å²) < 4.78 is 15.9. The van der Waals surface area contributed by atoms with Crippen molar-refractivity contribution in [3.05, 3.63) is 29.7 Å². The molecule has 0 radical (unpaired) electrons. The van der Waals surface area contributed by atoms with E-state index in [-0.39, 0.29) is 19.0 Å². The van der Waals surface area contributed by atoms with Gasteiger partial charge < -0.3 is 24.4 Å². The molecule has 1 aliphatic rings. The minimum Gasteiger partial charge on any atom is -0.501 e. The molecule has 28 heavy (non-hydrogen) atoms. The highest BCUT2D eigenvalue weighted by atomic mass is 16.5. The first-order valence-electron chi connectivity index (χ1n) is 9.88. The van der Waals surface area contributed by atoms with Crippen molar-refractivity contribution in [3.8, 4) is 0 Å². The quantitative estimate of drug-likeness (QED) is 0.501. The maximum Gasteiger partial charge on any atom is 0.312 e. The number of hydrogen-bond donors (Lipinski definition) is 2. The molecule has 1 unspecified atom stereocenters. The number of esters is 1. The van der Waals surface area contributed by atoms with Crippen LogP contribution in [0.5, 0.6) is 0 Å². The molecule has 152 valence electrons. The molecule has 0 bridgehead atoms. The fraction of sp³-hybridized carbons (Fsp3) is 0.524. The lowest BCUT2D eigenvalue weighted by Crippen LogP contribution is -2.17. The number of anilines is 1. The first-order valence-corrected chi connectivity index (χ1v) is 9.88. The van der Waals surface area contributed by atoms with Crippen LogP contribution in [0.1, 0.15) is 44.4 Å². The average molecular weight is 388 g/mol. The number of benzene rings is 1. The monoisotopic (exact) mass is 388 g/mol. The topological polar surface area (TPSA) is 93.8 Å². The molecular weight excluding hydrogens is 360 g/mol. The normalized spacial score (nSPS) is 19.4.